The molecule has 0 radical (unpaired) electrons. The lowest BCUT2D eigenvalue weighted by molar-refractivity contribution is 0.0951. The van der Waals surface area contributed by atoms with Crippen LogP contribution in [0.3, 0.4) is 0 Å². The number of nitrogens with one attached hydrogen (secondary N) is 1. The monoisotopic (exact) mass is 270 g/mol. The van der Waals surface area contributed by atoms with E-state index in [1.807, 2.05) is 42.5 Å². The maximum atomic E-state index is 12.0. The number of nitrogens with two attached hydrogens (primary N) is 1. The summed E-state index contributed by atoms with van der Waals surface area (Å²) in [6, 6.07) is 14.9. The highest BCUT2D eigenvalue weighted by Crippen LogP contribution is 2.11. The maximum absolute atomic E-state index is 12.0. The normalized spacial score (nSPS) is 10.1. The minimum absolute atomic E-state index is 0.101. The molecule has 104 valence electrons. The lowest BCUT2D eigenvalue weighted by Crippen LogP contribution is -2.22. The van der Waals surface area contributed by atoms with E-state index < -0.39 is 0 Å². The van der Waals surface area contributed by atoms with Crippen LogP contribution in [-0.2, 0) is 13.1 Å². The first-order chi connectivity index (χ1) is 9.72. The number of methoxy groups -OCH3 is 1. The van der Waals surface area contributed by atoms with Gasteiger partial charge in [-0.15, -0.1) is 0 Å². The molecule has 3 N–H and O–H groups in total. The summed E-state index contributed by atoms with van der Waals surface area (Å²) in [5, 5.41) is 2.88. The number of ether oxygens (including phenoxy) is 1. The minimum atomic E-state index is -0.101. The summed E-state index contributed by atoms with van der Waals surface area (Å²) in [6.07, 6.45) is 0. The lowest BCUT2D eigenvalue weighted by atomic mass is 10.1. The number of carbonyl (C=O) groups is 1. The van der Waals surface area contributed by atoms with Crippen LogP contribution in [0.4, 0.5) is 0 Å². The van der Waals surface area contributed by atoms with Gasteiger partial charge in [-0.05, 0) is 35.4 Å². The Bertz CT molecular complexity index is 579. The average molecular weight is 270 g/mol. The van der Waals surface area contributed by atoms with Gasteiger partial charge >= 0.3 is 0 Å². The van der Waals surface area contributed by atoms with E-state index in [-0.39, 0.29) is 5.91 Å². The number of rotatable bonds is 5. The van der Waals surface area contributed by atoms with Crippen LogP contribution in [-0.4, -0.2) is 13.0 Å². The Morgan fingerprint density at radius 1 is 1.15 bits per heavy atom. The van der Waals surface area contributed by atoms with E-state index in [1.54, 1.807) is 13.2 Å². The van der Waals surface area contributed by atoms with Crippen molar-refractivity contribution in [1.82, 2.24) is 5.32 Å². The van der Waals surface area contributed by atoms with Gasteiger partial charge in [-0.3, -0.25) is 4.79 Å². The summed E-state index contributed by atoms with van der Waals surface area (Å²) in [4.78, 5) is 12.0. The molecule has 4 nitrogen and oxygen atoms in total. The van der Waals surface area contributed by atoms with Crippen molar-refractivity contribution in [1.29, 1.82) is 0 Å². The lowest BCUT2D eigenvalue weighted by Gasteiger charge is -2.07. The van der Waals surface area contributed by atoms with E-state index in [0.717, 1.165) is 16.9 Å². The van der Waals surface area contributed by atoms with Gasteiger partial charge in [0.2, 0.25) is 0 Å². The largest absolute Gasteiger partial charge is 0.497 e. The highest BCUT2D eigenvalue weighted by Gasteiger charge is 2.05. The fourth-order valence-corrected chi connectivity index (χ4v) is 1.87. The number of hydrogen-bond donors (Lipinski definition) is 2. The van der Waals surface area contributed by atoms with Crippen molar-refractivity contribution in [3.63, 3.8) is 0 Å². The van der Waals surface area contributed by atoms with Crippen molar-refractivity contribution in [2.75, 3.05) is 7.11 Å². The van der Waals surface area contributed by atoms with Gasteiger partial charge in [0.15, 0.2) is 0 Å². The minimum Gasteiger partial charge on any atom is -0.497 e. The summed E-state index contributed by atoms with van der Waals surface area (Å²) in [7, 11) is 1.63. The van der Waals surface area contributed by atoms with Crippen molar-refractivity contribution < 1.29 is 9.53 Å². The predicted molar refractivity (Wildman–Crippen MR) is 78.5 cm³/mol. The summed E-state index contributed by atoms with van der Waals surface area (Å²) in [6.45, 7) is 0.912. The van der Waals surface area contributed by atoms with Gasteiger partial charge in [0.1, 0.15) is 5.75 Å². The molecule has 0 saturated heterocycles. The van der Waals surface area contributed by atoms with Crippen LogP contribution in [0.1, 0.15) is 21.5 Å². The van der Waals surface area contributed by atoms with E-state index in [4.69, 9.17) is 10.5 Å². The molecule has 0 spiro atoms. The highest BCUT2D eigenvalue weighted by molar-refractivity contribution is 5.94. The number of benzene rings is 2. The van der Waals surface area contributed by atoms with Crippen LogP contribution in [0.5, 0.6) is 5.75 Å². The van der Waals surface area contributed by atoms with Crippen molar-refractivity contribution in [3.05, 3.63) is 65.2 Å². The molecule has 20 heavy (non-hydrogen) atoms. The zero-order valence-corrected chi connectivity index (χ0v) is 11.4. The first kappa shape index (κ1) is 14.1. The van der Waals surface area contributed by atoms with Gasteiger partial charge in [-0.1, -0.05) is 24.3 Å². The molecule has 2 aromatic rings. The Morgan fingerprint density at radius 2 is 1.90 bits per heavy atom. The number of carbonyl (C=O) groups excluding carboxylic acids is 1. The SMILES string of the molecule is COc1ccc(CNC(=O)c2cccc(CN)c2)cc1. The molecule has 0 aliphatic heterocycles. The van der Waals surface area contributed by atoms with Gasteiger partial charge in [-0.25, -0.2) is 0 Å². The standard InChI is InChI=1S/C16H18N2O2/c1-20-15-7-5-12(6-8-15)11-18-16(19)14-4-2-3-13(9-14)10-17/h2-9H,10-11,17H2,1H3,(H,18,19). The molecule has 0 unspecified atom stereocenters. The fraction of sp³-hybridized carbons (Fsp3) is 0.188. The molecule has 0 heterocycles. The molecule has 0 atom stereocenters. The Balaban J connectivity index is 1.97. The molecule has 0 aliphatic carbocycles. The summed E-state index contributed by atoms with van der Waals surface area (Å²) < 4.78 is 5.09. The van der Waals surface area contributed by atoms with Crippen molar-refractivity contribution in [2.45, 2.75) is 13.1 Å². The fourth-order valence-electron chi connectivity index (χ4n) is 1.87. The van der Waals surface area contributed by atoms with Gasteiger partial charge in [0, 0.05) is 18.7 Å². The van der Waals surface area contributed by atoms with Crippen LogP contribution >= 0.6 is 0 Å². The average Bonchev–Trinajstić information content (AvgIpc) is 2.53. The molecule has 2 rings (SSSR count). The topological polar surface area (TPSA) is 64.3 Å². The molecule has 4 heteroatoms. The summed E-state index contributed by atoms with van der Waals surface area (Å²) >= 11 is 0. The van der Waals surface area contributed by atoms with Crippen molar-refractivity contribution in [2.24, 2.45) is 5.73 Å². The second-order valence-electron chi connectivity index (χ2n) is 4.44. The molecule has 0 bridgehead atoms. The van der Waals surface area contributed by atoms with Gasteiger partial charge in [-0.2, -0.15) is 0 Å². The Labute approximate surface area is 118 Å². The molecule has 0 fully saturated rings. The van der Waals surface area contributed by atoms with Crippen LogP contribution in [0, 0.1) is 0 Å². The van der Waals surface area contributed by atoms with Crippen molar-refractivity contribution >= 4 is 5.91 Å². The first-order valence-corrected chi connectivity index (χ1v) is 6.43. The number of hydrogen-bond acceptors (Lipinski definition) is 3. The maximum Gasteiger partial charge on any atom is 0.251 e. The Hall–Kier alpha value is -2.33. The third kappa shape index (κ3) is 3.59. The second-order valence-corrected chi connectivity index (χ2v) is 4.44. The van der Waals surface area contributed by atoms with Crippen LogP contribution in [0.2, 0.25) is 0 Å². The summed E-state index contributed by atoms with van der Waals surface area (Å²) in [5.74, 6) is 0.701. The van der Waals surface area contributed by atoms with E-state index in [0.29, 0.717) is 18.7 Å². The predicted octanol–water partition coefficient (Wildman–Crippen LogP) is 2.08. The quantitative estimate of drug-likeness (QED) is 0.874. The molecular formula is C16H18N2O2. The van der Waals surface area contributed by atoms with Gasteiger partial charge in [0.25, 0.3) is 5.91 Å². The zero-order valence-electron chi connectivity index (χ0n) is 11.4. The van der Waals surface area contributed by atoms with E-state index in [9.17, 15) is 4.79 Å². The molecule has 0 saturated carbocycles. The molecule has 1 amide bonds. The Morgan fingerprint density at radius 3 is 2.55 bits per heavy atom. The van der Waals surface area contributed by atoms with Gasteiger partial charge < -0.3 is 15.8 Å². The van der Waals surface area contributed by atoms with Crippen LogP contribution in [0.25, 0.3) is 0 Å². The molecule has 2 aromatic carbocycles. The van der Waals surface area contributed by atoms with Crippen molar-refractivity contribution in [3.8, 4) is 5.75 Å². The highest BCUT2D eigenvalue weighted by atomic mass is 16.5. The molecule has 0 aliphatic rings. The molecular weight excluding hydrogens is 252 g/mol. The van der Waals surface area contributed by atoms with E-state index >= 15 is 0 Å². The third-order valence-electron chi connectivity index (χ3n) is 3.04. The van der Waals surface area contributed by atoms with E-state index in [1.165, 1.54) is 0 Å². The second kappa shape index (κ2) is 6.73. The zero-order chi connectivity index (χ0) is 14.4. The Kier molecular flexibility index (Phi) is 4.74. The first-order valence-electron chi connectivity index (χ1n) is 6.43. The molecule has 0 aromatic heterocycles. The van der Waals surface area contributed by atoms with Crippen LogP contribution in [0.15, 0.2) is 48.5 Å². The van der Waals surface area contributed by atoms with Gasteiger partial charge in [0.05, 0.1) is 7.11 Å². The number of amides is 1. The van der Waals surface area contributed by atoms with E-state index in [2.05, 4.69) is 5.32 Å². The third-order valence-corrected chi connectivity index (χ3v) is 3.04. The summed E-state index contributed by atoms with van der Waals surface area (Å²) in [5.41, 5.74) is 8.16. The smallest absolute Gasteiger partial charge is 0.251 e. The van der Waals surface area contributed by atoms with Crippen LogP contribution < -0.4 is 15.8 Å².